The first-order valence-corrected chi connectivity index (χ1v) is 6.68. The highest BCUT2D eigenvalue weighted by Crippen LogP contribution is 2.36. The van der Waals surface area contributed by atoms with Crippen molar-refractivity contribution in [3.05, 3.63) is 34.4 Å². The van der Waals surface area contributed by atoms with Crippen LogP contribution in [0, 0.1) is 0 Å². The molecule has 19 heavy (non-hydrogen) atoms. The summed E-state index contributed by atoms with van der Waals surface area (Å²) in [5.74, 6) is -0.299. The van der Waals surface area contributed by atoms with Crippen LogP contribution in [0.3, 0.4) is 0 Å². The summed E-state index contributed by atoms with van der Waals surface area (Å²) in [5, 5.41) is 15.4. The van der Waals surface area contributed by atoms with E-state index in [2.05, 4.69) is 26.1 Å². The van der Waals surface area contributed by atoms with Gasteiger partial charge < -0.3 is 9.84 Å². The molecule has 5 nitrogen and oxygen atoms in total. The Balaban J connectivity index is 2.00. The SMILES string of the molecule is O=C(O)c1cc(-c2cc(Br)ccc2OC2CC2)n[nH]1. The number of benzene rings is 1. The Morgan fingerprint density at radius 1 is 1.42 bits per heavy atom. The zero-order valence-electron chi connectivity index (χ0n) is 9.89. The normalized spacial score (nSPS) is 14.4. The van der Waals surface area contributed by atoms with E-state index in [1.54, 1.807) is 0 Å². The lowest BCUT2D eigenvalue weighted by molar-refractivity contribution is 0.0690. The molecule has 98 valence electrons. The summed E-state index contributed by atoms with van der Waals surface area (Å²) in [6, 6.07) is 7.14. The van der Waals surface area contributed by atoms with Gasteiger partial charge in [-0.05, 0) is 37.1 Å². The van der Waals surface area contributed by atoms with Crippen LogP contribution in [-0.4, -0.2) is 27.4 Å². The molecular weight excluding hydrogens is 312 g/mol. The van der Waals surface area contributed by atoms with E-state index in [4.69, 9.17) is 9.84 Å². The first kappa shape index (κ1) is 12.2. The Morgan fingerprint density at radius 3 is 2.84 bits per heavy atom. The molecule has 0 amide bonds. The third-order valence-electron chi connectivity index (χ3n) is 2.84. The van der Waals surface area contributed by atoms with Gasteiger partial charge in [-0.25, -0.2) is 4.79 Å². The summed E-state index contributed by atoms with van der Waals surface area (Å²) in [7, 11) is 0. The summed E-state index contributed by atoms with van der Waals surface area (Å²) >= 11 is 3.40. The van der Waals surface area contributed by atoms with Gasteiger partial charge in [0.25, 0.3) is 0 Å². The Kier molecular flexibility index (Phi) is 3.02. The van der Waals surface area contributed by atoms with Crippen molar-refractivity contribution in [2.75, 3.05) is 0 Å². The number of halogens is 1. The first-order chi connectivity index (χ1) is 9.13. The Bertz CT molecular complexity index is 635. The summed E-state index contributed by atoms with van der Waals surface area (Å²) in [4.78, 5) is 10.9. The van der Waals surface area contributed by atoms with Crippen LogP contribution in [0.2, 0.25) is 0 Å². The third-order valence-corrected chi connectivity index (χ3v) is 3.34. The highest BCUT2D eigenvalue weighted by atomic mass is 79.9. The predicted molar refractivity (Wildman–Crippen MR) is 72.3 cm³/mol. The molecule has 2 N–H and O–H groups in total. The maximum absolute atomic E-state index is 10.9. The number of ether oxygens (including phenoxy) is 1. The van der Waals surface area contributed by atoms with Gasteiger partial charge in [-0.3, -0.25) is 5.10 Å². The number of carboxylic acids is 1. The van der Waals surface area contributed by atoms with Crippen molar-refractivity contribution in [2.45, 2.75) is 18.9 Å². The molecule has 0 spiro atoms. The van der Waals surface area contributed by atoms with Gasteiger partial charge in [-0.15, -0.1) is 0 Å². The van der Waals surface area contributed by atoms with Crippen LogP contribution >= 0.6 is 15.9 Å². The number of nitrogens with zero attached hydrogens (tertiary/aromatic N) is 1. The lowest BCUT2D eigenvalue weighted by atomic mass is 10.1. The molecule has 0 bridgehead atoms. The maximum atomic E-state index is 10.9. The lowest BCUT2D eigenvalue weighted by Crippen LogP contribution is -1.98. The average molecular weight is 323 g/mol. The van der Waals surface area contributed by atoms with Gasteiger partial charge in [0.2, 0.25) is 0 Å². The number of carboxylic acid groups (broad SMARTS) is 1. The van der Waals surface area contributed by atoms with Crippen molar-refractivity contribution in [2.24, 2.45) is 0 Å². The number of aromatic amines is 1. The van der Waals surface area contributed by atoms with E-state index in [9.17, 15) is 4.79 Å². The highest BCUT2D eigenvalue weighted by Gasteiger charge is 2.25. The quantitative estimate of drug-likeness (QED) is 0.907. The Morgan fingerprint density at radius 2 is 2.21 bits per heavy atom. The molecule has 1 aromatic heterocycles. The zero-order chi connectivity index (χ0) is 13.4. The molecule has 1 aliphatic rings. The second-order valence-electron chi connectivity index (χ2n) is 4.43. The Labute approximate surface area is 117 Å². The van der Waals surface area contributed by atoms with Gasteiger partial charge in [0.1, 0.15) is 11.4 Å². The number of hydrogen-bond acceptors (Lipinski definition) is 3. The molecule has 0 radical (unpaired) electrons. The fourth-order valence-corrected chi connectivity index (χ4v) is 2.10. The highest BCUT2D eigenvalue weighted by molar-refractivity contribution is 9.10. The third kappa shape index (κ3) is 2.63. The number of aromatic carboxylic acids is 1. The van der Waals surface area contributed by atoms with Crippen LogP contribution < -0.4 is 4.74 Å². The minimum Gasteiger partial charge on any atom is -0.490 e. The number of nitrogens with one attached hydrogen (secondary N) is 1. The van der Waals surface area contributed by atoms with Crippen molar-refractivity contribution in [3.63, 3.8) is 0 Å². The molecule has 0 atom stereocenters. The standard InChI is InChI=1S/C13H11BrN2O3/c14-7-1-4-12(19-8-2-3-8)9(5-7)10-6-11(13(17)18)16-15-10/h1,4-6,8H,2-3H2,(H,15,16)(H,17,18). The molecule has 1 aliphatic carbocycles. The molecule has 1 aromatic carbocycles. The molecule has 6 heteroatoms. The van der Waals surface area contributed by atoms with Crippen molar-refractivity contribution >= 4 is 21.9 Å². The molecular formula is C13H11BrN2O3. The van der Waals surface area contributed by atoms with Gasteiger partial charge in [-0.1, -0.05) is 15.9 Å². The van der Waals surface area contributed by atoms with Crippen molar-refractivity contribution in [1.29, 1.82) is 0 Å². The first-order valence-electron chi connectivity index (χ1n) is 5.89. The smallest absolute Gasteiger partial charge is 0.353 e. The van der Waals surface area contributed by atoms with E-state index >= 15 is 0 Å². The zero-order valence-corrected chi connectivity index (χ0v) is 11.5. The van der Waals surface area contributed by atoms with Crippen molar-refractivity contribution in [1.82, 2.24) is 10.2 Å². The number of carbonyl (C=O) groups is 1. The fraction of sp³-hybridized carbons (Fsp3) is 0.231. The van der Waals surface area contributed by atoms with Gasteiger partial charge >= 0.3 is 5.97 Å². The molecule has 1 saturated carbocycles. The molecule has 0 saturated heterocycles. The minimum absolute atomic E-state index is 0.0624. The topological polar surface area (TPSA) is 75.2 Å². The monoisotopic (exact) mass is 322 g/mol. The van der Waals surface area contributed by atoms with Crippen molar-refractivity contribution in [3.8, 4) is 17.0 Å². The van der Waals surface area contributed by atoms with E-state index in [1.807, 2.05) is 18.2 Å². The molecule has 3 rings (SSSR count). The molecule has 2 aromatic rings. The molecule has 0 unspecified atom stereocenters. The van der Waals surface area contributed by atoms with E-state index in [0.717, 1.165) is 28.6 Å². The summed E-state index contributed by atoms with van der Waals surface area (Å²) < 4.78 is 6.71. The summed E-state index contributed by atoms with van der Waals surface area (Å²) in [6.45, 7) is 0. The van der Waals surface area contributed by atoms with Crippen LogP contribution in [0.1, 0.15) is 23.3 Å². The fourth-order valence-electron chi connectivity index (χ4n) is 1.74. The predicted octanol–water partition coefficient (Wildman–Crippen LogP) is 3.08. The van der Waals surface area contributed by atoms with E-state index in [0.29, 0.717) is 5.69 Å². The number of H-pyrrole nitrogens is 1. The average Bonchev–Trinajstić information content (AvgIpc) is 3.05. The van der Waals surface area contributed by atoms with Gasteiger partial charge in [-0.2, -0.15) is 5.10 Å². The van der Waals surface area contributed by atoms with Gasteiger partial charge in [0, 0.05) is 10.0 Å². The Hall–Kier alpha value is -1.82. The lowest BCUT2D eigenvalue weighted by Gasteiger charge is -2.09. The molecule has 0 aliphatic heterocycles. The van der Waals surface area contributed by atoms with Gasteiger partial charge in [0.15, 0.2) is 0 Å². The molecule has 1 fully saturated rings. The van der Waals surface area contributed by atoms with E-state index in [-0.39, 0.29) is 11.8 Å². The number of hydrogen-bond donors (Lipinski definition) is 2. The second-order valence-corrected chi connectivity index (χ2v) is 5.35. The number of rotatable bonds is 4. The van der Waals surface area contributed by atoms with Crippen LogP contribution in [0.4, 0.5) is 0 Å². The maximum Gasteiger partial charge on any atom is 0.353 e. The van der Waals surface area contributed by atoms with E-state index < -0.39 is 5.97 Å². The second kappa shape index (κ2) is 4.70. The minimum atomic E-state index is -1.03. The number of aromatic nitrogens is 2. The summed E-state index contributed by atoms with van der Waals surface area (Å²) in [5.41, 5.74) is 1.41. The molecule has 1 heterocycles. The van der Waals surface area contributed by atoms with Crippen molar-refractivity contribution < 1.29 is 14.6 Å². The largest absolute Gasteiger partial charge is 0.490 e. The van der Waals surface area contributed by atoms with E-state index in [1.165, 1.54) is 6.07 Å². The van der Waals surface area contributed by atoms with Crippen LogP contribution in [0.15, 0.2) is 28.7 Å². The van der Waals surface area contributed by atoms with Gasteiger partial charge in [0.05, 0.1) is 11.8 Å². The van der Waals surface area contributed by atoms with Crippen LogP contribution in [0.25, 0.3) is 11.3 Å². The van der Waals surface area contributed by atoms with Crippen LogP contribution in [-0.2, 0) is 0 Å². The summed E-state index contributed by atoms with van der Waals surface area (Å²) in [6.07, 6.45) is 2.41. The van der Waals surface area contributed by atoms with Crippen LogP contribution in [0.5, 0.6) is 5.75 Å².